The average Bonchev–Trinajstić information content (AvgIpc) is 2.66. The molecule has 1 N–H and O–H groups in total. The third-order valence-electron chi connectivity index (χ3n) is 2.93. The number of hydrogen-bond acceptors (Lipinski definition) is 2. The van der Waals surface area contributed by atoms with Crippen LogP contribution < -0.4 is 5.32 Å². The first kappa shape index (κ1) is 15.5. The van der Waals surface area contributed by atoms with Gasteiger partial charge in [0.05, 0.1) is 0 Å². The zero-order chi connectivity index (χ0) is 11.3. The van der Waals surface area contributed by atoms with E-state index in [2.05, 4.69) is 12.2 Å². The first-order valence-electron chi connectivity index (χ1n) is 5.83. The molecule has 1 amide bonds. The van der Waals surface area contributed by atoms with Gasteiger partial charge in [-0.2, -0.15) is 0 Å². The second kappa shape index (κ2) is 7.69. The van der Waals surface area contributed by atoms with Crippen molar-refractivity contribution in [3.05, 3.63) is 11.6 Å². The van der Waals surface area contributed by atoms with Gasteiger partial charge in [-0.05, 0) is 33.2 Å². The number of halogens is 1. The third kappa shape index (κ3) is 3.80. The molecule has 1 fully saturated rings. The highest BCUT2D eigenvalue weighted by atomic mass is 35.5. The van der Waals surface area contributed by atoms with Crippen LogP contribution in [0.3, 0.4) is 0 Å². The van der Waals surface area contributed by atoms with Gasteiger partial charge in [-0.25, -0.2) is 0 Å². The van der Waals surface area contributed by atoms with Gasteiger partial charge in [-0.1, -0.05) is 13.0 Å². The summed E-state index contributed by atoms with van der Waals surface area (Å²) in [4.78, 5) is 14.1. The number of carbonyl (C=O) groups is 1. The fraction of sp³-hybridized carbons (Fsp3) is 0.750. The van der Waals surface area contributed by atoms with Crippen molar-refractivity contribution in [2.45, 2.75) is 39.2 Å². The van der Waals surface area contributed by atoms with Crippen LogP contribution >= 0.6 is 12.4 Å². The number of rotatable bonds is 4. The second-order valence-electron chi connectivity index (χ2n) is 4.15. The van der Waals surface area contributed by atoms with Gasteiger partial charge in [0.25, 0.3) is 0 Å². The van der Waals surface area contributed by atoms with Crippen molar-refractivity contribution >= 4 is 18.3 Å². The highest BCUT2D eigenvalue weighted by Gasteiger charge is 2.28. The topological polar surface area (TPSA) is 32.3 Å². The van der Waals surface area contributed by atoms with Crippen molar-refractivity contribution in [1.29, 1.82) is 0 Å². The second-order valence-corrected chi connectivity index (χ2v) is 4.15. The fourth-order valence-electron chi connectivity index (χ4n) is 2.17. The van der Waals surface area contributed by atoms with Crippen molar-refractivity contribution in [2.75, 3.05) is 20.1 Å². The summed E-state index contributed by atoms with van der Waals surface area (Å²) >= 11 is 0. The number of likely N-dealkylation sites (N-methyl/N-ethyl adjacent to an activating group) is 1. The number of carbonyl (C=O) groups excluding carboxylic acids is 1. The van der Waals surface area contributed by atoms with Gasteiger partial charge in [-0.3, -0.25) is 4.79 Å². The molecular formula is C12H23ClN2O. The van der Waals surface area contributed by atoms with Crippen LogP contribution in [0, 0.1) is 0 Å². The van der Waals surface area contributed by atoms with Gasteiger partial charge >= 0.3 is 0 Å². The molecule has 1 aliphatic rings. The maximum Gasteiger partial charge on any atom is 0.249 e. The molecule has 4 heteroatoms. The van der Waals surface area contributed by atoms with E-state index in [9.17, 15) is 4.79 Å². The number of hydrogen-bond donors (Lipinski definition) is 1. The summed E-state index contributed by atoms with van der Waals surface area (Å²) < 4.78 is 0. The number of nitrogens with zero attached hydrogens (tertiary/aromatic N) is 1. The van der Waals surface area contributed by atoms with E-state index in [-0.39, 0.29) is 18.3 Å². The van der Waals surface area contributed by atoms with Crippen LogP contribution in [-0.4, -0.2) is 37.0 Å². The molecule has 16 heavy (non-hydrogen) atoms. The molecule has 0 aromatic heterocycles. The molecule has 1 atom stereocenters. The van der Waals surface area contributed by atoms with Crippen molar-refractivity contribution < 1.29 is 4.79 Å². The molecule has 0 aliphatic carbocycles. The van der Waals surface area contributed by atoms with E-state index >= 15 is 0 Å². The molecule has 0 aromatic carbocycles. The Bertz CT molecular complexity index is 253. The Morgan fingerprint density at radius 3 is 2.81 bits per heavy atom. The Balaban J connectivity index is 0.00000225. The Kier molecular flexibility index (Phi) is 7.43. The quantitative estimate of drug-likeness (QED) is 0.770. The van der Waals surface area contributed by atoms with Crippen LogP contribution in [0.25, 0.3) is 0 Å². The minimum absolute atomic E-state index is 0. The predicted octanol–water partition coefficient (Wildman–Crippen LogP) is 1.97. The normalized spacial score (nSPS) is 20.8. The summed E-state index contributed by atoms with van der Waals surface area (Å²) in [5.74, 6) is 0.217. The molecule has 94 valence electrons. The summed E-state index contributed by atoms with van der Waals surface area (Å²) in [5, 5.41) is 3.15. The summed E-state index contributed by atoms with van der Waals surface area (Å²) in [6.45, 7) is 5.80. The first-order valence-corrected chi connectivity index (χ1v) is 5.83. The summed E-state index contributed by atoms with van der Waals surface area (Å²) in [7, 11) is 1.94. The summed E-state index contributed by atoms with van der Waals surface area (Å²) in [6.07, 6.45) is 5.21. The number of nitrogens with one attached hydrogen (secondary N) is 1. The largest absolute Gasteiger partial charge is 0.335 e. The standard InChI is InChI=1S/C12H22N2O.ClH/c1-4-6-10(2)12(15)14-8-5-7-11(14)9-13-3;/h6,11,13H,4-5,7-9H2,1-3H3;1H. The van der Waals surface area contributed by atoms with Crippen LogP contribution in [0.2, 0.25) is 0 Å². The lowest BCUT2D eigenvalue weighted by atomic mass is 10.2. The van der Waals surface area contributed by atoms with Gasteiger partial charge in [0, 0.05) is 24.7 Å². The number of amides is 1. The average molecular weight is 247 g/mol. The molecule has 1 rings (SSSR count). The van der Waals surface area contributed by atoms with E-state index in [1.807, 2.05) is 24.9 Å². The van der Waals surface area contributed by atoms with Crippen molar-refractivity contribution in [1.82, 2.24) is 10.2 Å². The molecule has 1 aliphatic heterocycles. The Hall–Kier alpha value is -0.540. The molecular weight excluding hydrogens is 224 g/mol. The Morgan fingerprint density at radius 2 is 2.25 bits per heavy atom. The fourth-order valence-corrected chi connectivity index (χ4v) is 2.17. The van der Waals surface area contributed by atoms with E-state index in [1.54, 1.807) is 0 Å². The third-order valence-corrected chi connectivity index (χ3v) is 2.93. The van der Waals surface area contributed by atoms with E-state index in [0.717, 1.165) is 37.9 Å². The molecule has 0 radical (unpaired) electrons. The van der Waals surface area contributed by atoms with Gasteiger partial charge < -0.3 is 10.2 Å². The molecule has 1 heterocycles. The molecule has 0 spiro atoms. The lowest BCUT2D eigenvalue weighted by molar-refractivity contribution is -0.127. The summed E-state index contributed by atoms with van der Waals surface area (Å²) in [5.41, 5.74) is 0.889. The predicted molar refractivity (Wildman–Crippen MR) is 70.0 cm³/mol. The molecule has 3 nitrogen and oxygen atoms in total. The zero-order valence-electron chi connectivity index (χ0n) is 10.5. The van der Waals surface area contributed by atoms with E-state index in [1.165, 1.54) is 0 Å². The minimum Gasteiger partial charge on any atom is -0.335 e. The summed E-state index contributed by atoms with van der Waals surface area (Å²) in [6, 6.07) is 0.391. The maximum absolute atomic E-state index is 12.1. The minimum atomic E-state index is 0. The van der Waals surface area contributed by atoms with Crippen LogP contribution in [0.4, 0.5) is 0 Å². The smallest absolute Gasteiger partial charge is 0.249 e. The SMILES string of the molecule is CCC=C(C)C(=O)N1CCCC1CNC.Cl. The Labute approximate surface area is 105 Å². The highest BCUT2D eigenvalue weighted by molar-refractivity contribution is 5.93. The first-order chi connectivity index (χ1) is 7.20. The van der Waals surface area contributed by atoms with E-state index in [0.29, 0.717) is 6.04 Å². The highest BCUT2D eigenvalue weighted by Crippen LogP contribution is 2.19. The zero-order valence-corrected chi connectivity index (χ0v) is 11.3. The van der Waals surface area contributed by atoms with Crippen molar-refractivity contribution in [3.63, 3.8) is 0 Å². The number of likely N-dealkylation sites (tertiary alicyclic amines) is 1. The maximum atomic E-state index is 12.1. The van der Waals surface area contributed by atoms with Gasteiger partial charge in [0.2, 0.25) is 5.91 Å². The molecule has 0 saturated carbocycles. The molecule has 0 aromatic rings. The molecule has 1 saturated heterocycles. The van der Waals surface area contributed by atoms with Crippen LogP contribution in [0.1, 0.15) is 33.1 Å². The van der Waals surface area contributed by atoms with E-state index in [4.69, 9.17) is 0 Å². The van der Waals surface area contributed by atoms with Crippen molar-refractivity contribution in [3.8, 4) is 0 Å². The van der Waals surface area contributed by atoms with Crippen LogP contribution in [-0.2, 0) is 4.79 Å². The Morgan fingerprint density at radius 1 is 1.56 bits per heavy atom. The lowest BCUT2D eigenvalue weighted by Gasteiger charge is -2.24. The van der Waals surface area contributed by atoms with Gasteiger partial charge in [0.1, 0.15) is 0 Å². The lowest BCUT2D eigenvalue weighted by Crippen LogP contribution is -2.41. The van der Waals surface area contributed by atoms with E-state index < -0.39 is 0 Å². The van der Waals surface area contributed by atoms with Crippen LogP contribution in [0.5, 0.6) is 0 Å². The molecule has 0 bridgehead atoms. The van der Waals surface area contributed by atoms with Gasteiger partial charge in [-0.15, -0.1) is 12.4 Å². The van der Waals surface area contributed by atoms with Crippen molar-refractivity contribution in [2.24, 2.45) is 0 Å². The molecule has 1 unspecified atom stereocenters. The van der Waals surface area contributed by atoms with Gasteiger partial charge in [0.15, 0.2) is 0 Å². The monoisotopic (exact) mass is 246 g/mol. The van der Waals surface area contributed by atoms with Crippen LogP contribution in [0.15, 0.2) is 11.6 Å². The number of allylic oxidation sites excluding steroid dienone is 1.